The first-order valence-electron chi connectivity index (χ1n) is 6.31. The Balaban J connectivity index is 0.00000128. The number of hydrogen-bond donors (Lipinski definition) is 2. The maximum atomic E-state index is 11.9. The monoisotopic (exact) mass is 246 g/mol. The zero-order chi connectivity index (χ0) is 10.7. The van der Waals surface area contributed by atoms with E-state index in [1.54, 1.807) is 0 Å². The minimum atomic E-state index is 0. The number of carbonyl (C=O) groups excluding carboxylic acids is 1. The summed E-state index contributed by atoms with van der Waals surface area (Å²) in [6.45, 7) is 3.24. The molecule has 94 valence electrons. The van der Waals surface area contributed by atoms with E-state index < -0.39 is 0 Å². The van der Waals surface area contributed by atoms with Gasteiger partial charge in [0.1, 0.15) is 0 Å². The summed E-state index contributed by atoms with van der Waals surface area (Å²) in [4.78, 5) is 11.9. The maximum Gasteiger partial charge on any atom is 0.237 e. The highest BCUT2D eigenvalue weighted by atomic mass is 35.5. The van der Waals surface area contributed by atoms with E-state index in [2.05, 4.69) is 17.6 Å². The van der Waals surface area contributed by atoms with Gasteiger partial charge in [-0.2, -0.15) is 0 Å². The third kappa shape index (κ3) is 3.36. The molecule has 0 bridgehead atoms. The van der Waals surface area contributed by atoms with Crippen molar-refractivity contribution in [3.05, 3.63) is 0 Å². The molecule has 2 fully saturated rings. The highest BCUT2D eigenvalue weighted by Gasteiger charge is 2.28. The van der Waals surface area contributed by atoms with Gasteiger partial charge in [-0.3, -0.25) is 4.79 Å². The van der Waals surface area contributed by atoms with Gasteiger partial charge in [-0.1, -0.05) is 19.8 Å². The molecule has 2 unspecified atom stereocenters. The quantitative estimate of drug-likeness (QED) is 0.781. The van der Waals surface area contributed by atoms with E-state index in [0.717, 1.165) is 13.0 Å². The van der Waals surface area contributed by atoms with Crippen LogP contribution in [0.4, 0.5) is 0 Å². The summed E-state index contributed by atoms with van der Waals surface area (Å²) in [5.41, 5.74) is 0. The van der Waals surface area contributed by atoms with Gasteiger partial charge in [0, 0.05) is 6.04 Å². The molecule has 2 rings (SSSR count). The van der Waals surface area contributed by atoms with Gasteiger partial charge in [0.15, 0.2) is 0 Å². The number of halogens is 1. The van der Waals surface area contributed by atoms with Crippen molar-refractivity contribution in [1.29, 1.82) is 0 Å². The van der Waals surface area contributed by atoms with E-state index in [9.17, 15) is 4.79 Å². The first-order valence-corrected chi connectivity index (χ1v) is 6.31. The van der Waals surface area contributed by atoms with Crippen LogP contribution < -0.4 is 10.6 Å². The number of rotatable bonds is 2. The number of amides is 1. The fourth-order valence-electron chi connectivity index (χ4n) is 2.72. The van der Waals surface area contributed by atoms with Crippen molar-refractivity contribution in [3.8, 4) is 0 Å². The topological polar surface area (TPSA) is 41.1 Å². The van der Waals surface area contributed by atoms with E-state index in [-0.39, 0.29) is 24.4 Å². The van der Waals surface area contributed by atoms with Crippen molar-refractivity contribution in [1.82, 2.24) is 10.6 Å². The Morgan fingerprint density at radius 1 is 1.19 bits per heavy atom. The summed E-state index contributed by atoms with van der Waals surface area (Å²) in [6.07, 6.45) is 7.11. The van der Waals surface area contributed by atoms with E-state index in [1.807, 2.05) is 0 Å². The minimum Gasteiger partial charge on any atom is -0.352 e. The molecule has 0 radical (unpaired) electrons. The van der Waals surface area contributed by atoms with Gasteiger partial charge < -0.3 is 10.6 Å². The lowest BCUT2D eigenvalue weighted by atomic mass is 10.0. The minimum absolute atomic E-state index is 0. The lowest BCUT2D eigenvalue weighted by Crippen LogP contribution is -2.50. The smallest absolute Gasteiger partial charge is 0.237 e. The number of piperidine rings is 1. The third-order valence-corrected chi connectivity index (χ3v) is 3.82. The summed E-state index contributed by atoms with van der Waals surface area (Å²) < 4.78 is 0. The zero-order valence-electron chi connectivity index (χ0n) is 10.00. The second-order valence-electron chi connectivity index (χ2n) is 5.03. The summed E-state index contributed by atoms with van der Waals surface area (Å²) >= 11 is 0. The molecule has 1 heterocycles. The molecule has 3 atom stereocenters. The number of nitrogens with one attached hydrogen (secondary N) is 2. The molecular weight excluding hydrogens is 224 g/mol. The van der Waals surface area contributed by atoms with E-state index >= 15 is 0 Å². The molecule has 0 aromatic carbocycles. The highest BCUT2D eigenvalue weighted by molar-refractivity contribution is 5.85. The normalized spacial score (nSPS) is 34.2. The molecule has 3 nitrogen and oxygen atoms in total. The van der Waals surface area contributed by atoms with Gasteiger partial charge in [0.05, 0.1) is 6.04 Å². The van der Waals surface area contributed by atoms with Crippen LogP contribution in [0.15, 0.2) is 0 Å². The average Bonchev–Trinajstić information content (AvgIpc) is 2.66. The molecule has 16 heavy (non-hydrogen) atoms. The van der Waals surface area contributed by atoms with Crippen LogP contribution in [0.25, 0.3) is 0 Å². The van der Waals surface area contributed by atoms with Crippen molar-refractivity contribution >= 4 is 18.3 Å². The average molecular weight is 247 g/mol. The van der Waals surface area contributed by atoms with Gasteiger partial charge >= 0.3 is 0 Å². The lowest BCUT2D eigenvalue weighted by Gasteiger charge is -2.25. The number of hydrogen-bond acceptors (Lipinski definition) is 2. The fraction of sp³-hybridized carbons (Fsp3) is 0.917. The number of carbonyl (C=O) groups is 1. The van der Waals surface area contributed by atoms with Crippen LogP contribution >= 0.6 is 12.4 Å². The molecule has 2 N–H and O–H groups in total. The Hall–Kier alpha value is -0.280. The standard InChI is InChI=1S/C12H22N2O.ClH/c1-9-5-4-7-10(9)14-12(15)11-6-2-3-8-13-11;/h9-11,13H,2-8H2,1H3,(H,14,15);1H/t9?,10?,11-;/m0./s1. The lowest BCUT2D eigenvalue weighted by molar-refractivity contribution is -0.124. The largest absolute Gasteiger partial charge is 0.352 e. The SMILES string of the molecule is CC1CCCC1NC(=O)[C@@H]1CCCCN1.Cl. The van der Waals surface area contributed by atoms with Gasteiger partial charge in [0.25, 0.3) is 0 Å². The molecule has 1 saturated heterocycles. The Kier molecular flexibility index (Phi) is 5.56. The Morgan fingerprint density at radius 3 is 2.56 bits per heavy atom. The van der Waals surface area contributed by atoms with Gasteiger partial charge in [-0.05, 0) is 38.1 Å². The highest BCUT2D eigenvalue weighted by Crippen LogP contribution is 2.25. The molecule has 0 aromatic rings. The molecule has 1 aliphatic carbocycles. The molecule has 1 saturated carbocycles. The first kappa shape index (κ1) is 13.8. The Bertz CT molecular complexity index is 229. The van der Waals surface area contributed by atoms with E-state index in [1.165, 1.54) is 32.1 Å². The molecular formula is C12H23ClN2O. The van der Waals surface area contributed by atoms with Gasteiger partial charge in [0.2, 0.25) is 5.91 Å². The predicted molar refractivity (Wildman–Crippen MR) is 67.8 cm³/mol. The molecule has 4 heteroatoms. The van der Waals surface area contributed by atoms with Crippen LogP contribution in [-0.4, -0.2) is 24.5 Å². The van der Waals surface area contributed by atoms with Crippen LogP contribution in [0.2, 0.25) is 0 Å². The second kappa shape index (κ2) is 6.45. The fourth-order valence-corrected chi connectivity index (χ4v) is 2.72. The summed E-state index contributed by atoms with van der Waals surface area (Å²) in [5, 5.41) is 6.49. The Labute approximate surface area is 104 Å². The molecule has 1 aliphatic heterocycles. The zero-order valence-corrected chi connectivity index (χ0v) is 10.8. The van der Waals surface area contributed by atoms with E-state index in [4.69, 9.17) is 0 Å². The van der Waals surface area contributed by atoms with Crippen molar-refractivity contribution < 1.29 is 4.79 Å². The van der Waals surface area contributed by atoms with Crippen LogP contribution in [0, 0.1) is 5.92 Å². The van der Waals surface area contributed by atoms with Crippen molar-refractivity contribution in [2.45, 2.75) is 57.5 Å². The molecule has 0 spiro atoms. The van der Waals surface area contributed by atoms with Gasteiger partial charge in [-0.15, -0.1) is 12.4 Å². The Morgan fingerprint density at radius 2 is 2.00 bits per heavy atom. The third-order valence-electron chi connectivity index (χ3n) is 3.82. The van der Waals surface area contributed by atoms with Gasteiger partial charge in [-0.25, -0.2) is 0 Å². The molecule has 1 amide bonds. The van der Waals surface area contributed by atoms with Crippen LogP contribution in [-0.2, 0) is 4.79 Å². The van der Waals surface area contributed by atoms with E-state index in [0.29, 0.717) is 12.0 Å². The van der Waals surface area contributed by atoms with Crippen LogP contribution in [0.5, 0.6) is 0 Å². The molecule has 0 aromatic heterocycles. The second-order valence-corrected chi connectivity index (χ2v) is 5.03. The summed E-state index contributed by atoms with van der Waals surface area (Å²) in [7, 11) is 0. The summed E-state index contributed by atoms with van der Waals surface area (Å²) in [6, 6.07) is 0.507. The van der Waals surface area contributed by atoms with Crippen molar-refractivity contribution in [2.24, 2.45) is 5.92 Å². The molecule has 2 aliphatic rings. The van der Waals surface area contributed by atoms with Crippen LogP contribution in [0.1, 0.15) is 45.4 Å². The maximum absolute atomic E-state index is 11.9. The van der Waals surface area contributed by atoms with Crippen LogP contribution in [0.3, 0.4) is 0 Å². The first-order chi connectivity index (χ1) is 7.27. The van der Waals surface area contributed by atoms with Crippen molar-refractivity contribution in [3.63, 3.8) is 0 Å². The van der Waals surface area contributed by atoms with Crippen molar-refractivity contribution in [2.75, 3.05) is 6.54 Å². The summed E-state index contributed by atoms with van der Waals surface area (Å²) in [5.74, 6) is 0.894. The predicted octanol–water partition coefficient (Wildman–Crippen LogP) is 1.86.